The van der Waals surface area contributed by atoms with Crippen molar-refractivity contribution in [2.45, 2.75) is 19.3 Å². The van der Waals surface area contributed by atoms with Crippen molar-refractivity contribution in [3.8, 4) is 11.5 Å². The molecule has 2 aliphatic rings. The summed E-state index contributed by atoms with van der Waals surface area (Å²) in [7, 11) is 4.55. The number of methoxy groups -OCH3 is 3. The van der Waals surface area contributed by atoms with E-state index in [4.69, 9.17) is 19.3 Å². The molecule has 8 heteroatoms. The third-order valence-corrected chi connectivity index (χ3v) is 6.51. The van der Waals surface area contributed by atoms with E-state index < -0.39 is 5.97 Å². The number of amides is 1. The monoisotopic (exact) mass is 485 g/mol. The lowest BCUT2D eigenvalue weighted by Crippen LogP contribution is -2.29. The quantitative estimate of drug-likeness (QED) is 0.502. The van der Waals surface area contributed by atoms with Gasteiger partial charge < -0.3 is 19.1 Å². The number of nitrogens with zero attached hydrogens (tertiary/aromatic N) is 3. The molecule has 0 radical (unpaired) electrons. The number of carbonyl (C=O) groups is 2. The molecule has 0 saturated heterocycles. The minimum Gasteiger partial charge on any atom is -0.493 e. The number of rotatable bonds is 5. The van der Waals surface area contributed by atoms with Gasteiger partial charge in [0.05, 0.1) is 32.6 Å². The summed E-state index contributed by atoms with van der Waals surface area (Å²) in [5, 5.41) is 4.76. The number of benzene rings is 2. The molecule has 184 valence electrons. The average Bonchev–Trinajstić information content (AvgIpc) is 3.51. The molecule has 3 aromatic rings. The van der Waals surface area contributed by atoms with Crippen molar-refractivity contribution in [2.24, 2.45) is 0 Å². The van der Waals surface area contributed by atoms with Crippen molar-refractivity contribution in [2.75, 3.05) is 32.8 Å². The van der Waals surface area contributed by atoms with Crippen LogP contribution in [0, 0.1) is 0 Å². The smallest absolute Gasteiger partial charge is 0.337 e. The van der Waals surface area contributed by atoms with E-state index in [-0.39, 0.29) is 5.91 Å². The first-order valence-electron chi connectivity index (χ1n) is 11.8. The van der Waals surface area contributed by atoms with Crippen LogP contribution in [0.25, 0.3) is 5.70 Å². The third-order valence-electron chi connectivity index (χ3n) is 6.51. The van der Waals surface area contributed by atoms with E-state index in [9.17, 15) is 9.59 Å². The van der Waals surface area contributed by atoms with Crippen molar-refractivity contribution in [3.05, 3.63) is 88.8 Å². The molecule has 2 aromatic carbocycles. The normalized spacial score (nSPS) is 16.6. The number of ether oxygens (including phenoxy) is 3. The van der Waals surface area contributed by atoms with Crippen molar-refractivity contribution < 1.29 is 23.8 Å². The lowest BCUT2D eigenvalue weighted by atomic mass is 10.1. The molecule has 1 aromatic heterocycles. The summed E-state index contributed by atoms with van der Waals surface area (Å²) in [5.74, 6) is 0.620. The molecule has 2 aliphatic heterocycles. The molecule has 0 aliphatic carbocycles. The Morgan fingerprint density at radius 2 is 1.78 bits per heavy atom. The van der Waals surface area contributed by atoms with Gasteiger partial charge >= 0.3 is 5.97 Å². The van der Waals surface area contributed by atoms with E-state index >= 15 is 0 Å². The fourth-order valence-electron chi connectivity index (χ4n) is 4.66. The van der Waals surface area contributed by atoms with Crippen molar-refractivity contribution in [1.29, 1.82) is 0 Å². The first kappa shape index (κ1) is 23.4. The Bertz CT molecular complexity index is 1400. The van der Waals surface area contributed by atoms with Crippen LogP contribution in [0.3, 0.4) is 0 Å². The summed E-state index contributed by atoms with van der Waals surface area (Å²) in [6, 6.07) is 12.9. The highest BCUT2D eigenvalue weighted by atomic mass is 16.5. The van der Waals surface area contributed by atoms with Crippen molar-refractivity contribution in [1.82, 2.24) is 9.78 Å². The van der Waals surface area contributed by atoms with Gasteiger partial charge in [0, 0.05) is 23.5 Å². The minimum absolute atomic E-state index is 0.199. The molecule has 5 rings (SSSR count). The summed E-state index contributed by atoms with van der Waals surface area (Å²) in [6.45, 7) is 0.529. The molecule has 36 heavy (non-hydrogen) atoms. The highest BCUT2D eigenvalue weighted by molar-refractivity contribution is 6.07. The van der Waals surface area contributed by atoms with Gasteiger partial charge in [-0.1, -0.05) is 18.2 Å². The fraction of sp³-hybridized carbons (Fsp3) is 0.250. The van der Waals surface area contributed by atoms with Gasteiger partial charge in [0.2, 0.25) is 0 Å². The van der Waals surface area contributed by atoms with E-state index in [0.29, 0.717) is 29.3 Å². The number of carbonyl (C=O) groups excluding carboxylic acids is 2. The number of allylic oxidation sites excluding steroid dienone is 3. The zero-order valence-electron chi connectivity index (χ0n) is 20.5. The maximum Gasteiger partial charge on any atom is 0.337 e. The maximum absolute atomic E-state index is 13.6. The lowest BCUT2D eigenvalue weighted by Gasteiger charge is -2.17. The average molecular weight is 486 g/mol. The second-order valence-electron chi connectivity index (χ2n) is 8.56. The Kier molecular flexibility index (Phi) is 6.33. The molecule has 0 bridgehead atoms. The number of hydrogen-bond acceptors (Lipinski definition) is 6. The number of anilines is 1. The predicted octanol–water partition coefficient (Wildman–Crippen LogP) is 4.28. The molecular formula is C28H27N3O5. The third kappa shape index (κ3) is 4.15. The SMILES string of the molecule is COC(=O)c1ccc2c(c1)N(C(=O)c1cc3n(n1)/C(c1ccc(OC)c(OC)c1)=C\C=C/CC3)CC2. The van der Waals surface area contributed by atoms with Crippen LogP contribution >= 0.6 is 0 Å². The summed E-state index contributed by atoms with van der Waals surface area (Å²) in [5.41, 5.74) is 5.16. The van der Waals surface area contributed by atoms with Gasteiger partial charge in [-0.25, -0.2) is 9.48 Å². The van der Waals surface area contributed by atoms with E-state index in [1.165, 1.54) is 7.11 Å². The van der Waals surface area contributed by atoms with Crippen LogP contribution in [0.1, 0.15) is 44.1 Å². The summed E-state index contributed by atoms with van der Waals surface area (Å²) >= 11 is 0. The Morgan fingerprint density at radius 3 is 2.56 bits per heavy atom. The molecule has 1 amide bonds. The van der Waals surface area contributed by atoms with E-state index in [1.807, 2.05) is 47.2 Å². The van der Waals surface area contributed by atoms with E-state index in [2.05, 4.69) is 6.08 Å². The molecule has 0 atom stereocenters. The Hall–Kier alpha value is -4.33. The first-order valence-corrected chi connectivity index (χ1v) is 11.8. The molecule has 0 saturated carbocycles. The van der Waals surface area contributed by atoms with Gasteiger partial charge in [-0.15, -0.1) is 0 Å². The van der Waals surface area contributed by atoms with Gasteiger partial charge in [0.25, 0.3) is 5.91 Å². The molecule has 0 spiro atoms. The molecule has 3 heterocycles. The number of aryl methyl sites for hydroxylation is 1. The topological polar surface area (TPSA) is 82.9 Å². The maximum atomic E-state index is 13.6. The van der Waals surface area contributed by atoms with Crippen molar-refractivity contribution in [3.63, 3.8) is 0 Å². The second-order valence-corrected chi connectivity index (χ2v) is 8.56. The lowest BCUT2D eigenvalue weighted by molar-refractivity contribution is 0.0600. The first-order chi connectivity index (χ1) is 17.5. The van der Waals surface area contributed by atoms with Crippen molar-refractivity contribution >= 4 is 23.3 Å². The predicted molar refractivity (Wildman–Crippen MR) is 136 cm³/mol. The Labute approximate surface area is 209 Å². The van der Waals surface area contributed by atoms with Gasteiger partial charge in [0.1, 0.15) is 0 Å². The van der Waals surface area contributed by atoms with Crippen LogP contribution in [0.2, 0.25) is 0 Å². The zero-order valence-corrected chi connectivity index (χ0v) is 20.5. The Morgan fingerprint density at radius 1 is 0.944 bits per heavy atom. The number of hydrogen-bond donors (Lipinski definition) is 0. The van der Waals surface area contributed by atoms with Crippen LogP contribution in [-0.2, 0) is 17.6 Å². The number of aromatic nitrogens is 2. The summed E-state index contributed by atoms with van der Waals surface area (Å²) < 4.78 is 17.6. The molecule has 8 nitrogen and oxygen atoms in total. The summed E-state index contributed by atoms with van der Waals surface area (Å²) in [4.78, 5) is 27.4. The van der Waals surface area contributed by atoms with Gasteiger partial charge in [-0.05, 0) is 67.3 Å². The van der Waals surface area contributed by atoms with Gasteiger partial charge in [0.15, 0.2) is 17.2 Å². The molecule has 0 fully saturated rings. The fourth-order valence-corrected chi connectivity index (χ4v) is 4.66. The molecule has 0 N–H and O–H groups in total. The number of fused-ring (bicyclic) bond motifs is 2. The van der Waals surface area contributed by atoms with E-state index in [1.54, 1.807) is 31.3 Å². The highest BCUT2D eigenvalue weighted by Crippen LogP contribution is 2.33. The zero-order chi connectivity index (χ0) is 25.2. The highest BCUT2D eigenvalue weighted by Gasteiger charge is 2.29. The molecular weight excluding hydrogens is 458 g/mol. The Balaban J connectivity index is 1.52. The largest absolute Gasteiger partial charge is 0.493 e. The number of esters is 1. The minimum atomic E-state index is -0.431. The van der Waals surface area contributed by atoms with E-state index in [0.717, 1.165) is 47.5 Å². The summed E-state index contributed by atoms with van der Waals surface area (Å²) in [6.07, 6.45) is 8.39. The van der Waals surface area contributed by atoms with Crippen LogP contribution < -0.4 is 14.4 Å². The van der Waals surface area contributed by atoms with Crippen LogP contribution in [-0.4, -0.2) is 49.5 Å². The van der Waals surface area contributed by atoms with Gasteiger partial charge in [-0.3, -0.25) is 4.79 Å². The van der Waals surface area contributed by atoms with Gasteiger partial charge in [-0.2, -0.15) is 5.10 Å². The second kappa shape index (κ2) is 9.73. The standard InChI is InChI=1S/C28H27N3O5/c1-34-25-12-11-19(16-26(25)35-2)23-8-6-4-5-7-21-17-22(29-31(21)23)27(32)30-14-13-18-9-10-20(15-24(18)30)28(33)36-3/h4,6,8-12,15-17H,5,7,13-14H2,1-3H3/b6-4-,23-8-. The van der Waals surface area contributed by atoms with Crippen LogP contribution in [0.4, 0.5) is 5.69 Å². The van der Waals surface area contributed by atoms with Crippen LogP contribution in [0.5, 0.6) is 11.5 Å². The van der Waals surface area contributed by atoms with Crippen LogP contribution in [0.15, 0.2) is 60.7 Å². The molecule has 0 unspecified atom stereocenters.